The van der Waals surface area contributed by atoms with Gasteiger partial charge in [0.05, 0.1) is 12.3 Å². The summed E-state index contributed by atoms with van der Waals surface area (Å²) >= 11 is 0. The van der Waals surface area contributed by atoms with E-state index in [1.807, 2.05) is 18.5 Å². The Morgan fingerprint density at radius 1 is 1.37 bits per heavy atom. The van der Waals surface area contributed by atoms with Crippen LogP contribution in [0.1, 0.15) is 50.2 Å². The molecule has 1 fully saturated rings. The lowest BCUT2D eigenvalue weighted by atomic mass is 10.4. The minimum absolute atomic E-state index is 0.202. The molecule has 0 spiro atoms. The van der Waals surface area contributed by atoms with Crippen LogP contribution < -0.4 is 0 Å². The van der Waals surface area contributed by atoms with Gasteiger partial charge in [0, 0.05) is 20.0 Å². The lowest BCUT2D eigenvalue weighted by molar-refractivity contribution is 0.448. The maximum atomic E-state index is 12.0. The molecule has 0 aliphatic heterocycles. The molecule has 108 valence electrons. The summed E-state index contributed by atoms with van der Waals surface area (Å²) in [5, 5.41) is 8.28. The zero-order valence-corrected chi connectivity index (χ0v) is 12.7. The van der Waals surface area contributed by atoms with E-state index < -0.39 is 10.0 Å². The van der Waals surface area contributed by atoms with E-state index in [0.29, 0.717) is 24.7 Å². The third kappa shape index (κ3) is 3.33. The van der Waals surface area contributed by atoms with Crippen molar-refractivity contribution in [3.8, 4) is 0 Å². The van der Waals surface area contributed by atoms with Crippen LogP contribution in [0.2, 0.25) is 0 Å². The minimum atomic E-state index is -3.18. The molecule has 1 aliphatic rings. The van der Waals surface area contributed by atoms with Gasteiger partial charge in [-0.25, -0.2) is 8.42 Å². The number of sulfonamides is 1. The van der Waals surface area contributed by atoms with E-state index in [1.165, 1.54) is 4.31 Å². The van der Waals surface area contributed by atoms with Crippen LogP contribution in [0.5, 0.6) is 0 Å². The molecule has 19 heavy (non-hydrogen) atoms. The topological polar surface area (TPSA) is 68.1 Å². The van der Waals surface area contributed by atoms with Crippen LogP contribution in [-0.2, 0) is 23.6 Å². The first-order chi connectivity index (χ1) is 8.95. The predicted molar refractivity (Wildman–Crippen MR) is 73.1 cm³/mol. The molecule has 1 aromatic rings. The fourth-order valence-electron chi connectivity index (χ4n) is 1.99. The Labute approximate surface area is 114 Å². The van der Waals surface area contributed by atoms with Gasteiger partial charge in [-0.2, -0.15) is 4.31 Å². The average Bonchev–Trinajstić information content (AvgIpc) is 3.14. The number of hydrogen-bond acceptors (Lipinski definition) is 4. The van der Waals surface area contributed by atoms with E-state index in [-0.39, 0.29) is 5.75 Å². The molecule has 0 atom stereocenters. The summed E-state index contributed by atoms with van der Waals surface area (Å²) in [6.07, 6.45) is 3.90. The SMILES string of the molecule is CCCCS(=O)(=O)N(C)Cc1nnc(C2CC2)n1C. The molecule has 7 heteroatoms. The van der Waals surface area contributed by atoms with Gasteiger partial charge in [-0.05, 0) is 19.3 Å². The summed E-state index contributed by atoms with van der Waals surface area (Å²) in [5.74, 6) is 2.42. The minimum Gasteiger partial charge on any atom is -0.317 e. The van der Waals surface area contributed by atoms with Crippen LogP contribution in [0.25, 0.3) is 0 Å². The lowest BCUT2D eigenvalue weighted by Gasteiger charge is -2.16. The molecule has 0 unspecified atom stereocenters. The van der Waals surface area contributed by atoms with E-state index in [9.17, 15) is 8.42 Å². The maximum absolute atomic E-state index is 12.0. The fourth-order valence-corrected chi connectivity index (χ4v) is 3.27. The molecule has 0 bridgehead atoms. The van der Waals surface area contributed by atoms with E-state index in [4.69, 9.17) is 0 Å². The van der Waals surface area contributed by atoms with Gasteiger partial charge in [0.15, 0.2) is 0 Å². The van der Waals surface area contributed by atoms with Crippen LogP contribution in [-0.4, -0.2) is 40.3 Å². The van der Waals surface area contributed by atoms with Crippen molar-refractivity contribution in [1.82, 2.24) is 19.1 Å². The van der Waals surface area contributed by atoms with Crippen LogP contribution in [0.15, 0.2) is 0 Å². The highest BCUT2D eigenvalue weighted by Gasteiger charge is 2.30. The number of unbranched alkanes of at least 4 members (excludes halogenated alkanes) is 1. The summed E-state index contributed by atoms with van der Waals surface area (Å²) in [5.41, 5.74) is 0. The lowest BCUT2D eigenvalue weighted by Crippen LogP contribution is -2.30. The van der Waals surface area contributed by atoms with Crippen LogP contribution >= 0.6 is 0 Å². The van der Waals surface area contributed by atoms with Gasteiger partial charge in [-0.15, -0.1) is 10.2 Å². The molecule has 1 aromatic heterocycles. The molecule has 6 nitrogen and oxygen atoms in total. The van der Waals surface area contributed by atoms with E-state index >= 15 is 0 Å². The van der Waals surface area contributed by atoms with E-state index in [1.54, 1.807) is 7.05 Å². The van der Waals surface area contributed by atoms with Gasteiger partial charge in [-0.3, -0.25) is 0 Å². The Kier molecular flexibility index (Phi) is 4.25. The summed E-state index contributed by atoms with van der Waals surface area (Å²) in [6, 6.07) is 0. The second-order valence-electron chi connectivity index (χ2n) is 5.23. The van der Waals surface area contributed by atoms with Crippen molar-refractivity contribution < 1.29 is 8.42 Å². The van der Waals surface area contributed by atoms with Crippen molar-refractivity contribution >= 4 is 10.0 Å². The number of rotatable bonds is 7. The zero-order valence-electron chi connectivity index (χ0n) is 11.8. The van der Waals surface area contributed by atoms with Gasteiger partial charge in [-0.1, -0.05) is 13.3 Å². The first kappa shape index (κ1) is 14.5. The molecule has 0 amide bonds. The largest absolute Gasteiger partial charge is 0.317 e. The normalized spacial score (nSPS) is 16.2. The van der Waals surface area contributed by atoms with Crippen molar-refractivity contribution in [2.45, 2.75) is 45.1 Å². The van der Waals surface area contributed by atoms with Crippen LogP contribution in [0.3, 0.4) is 0 Å². The third-order valence-corrected chi connectivity index (χ3v) is 5.42. The summed E-state index contributed by atoms with van der Waals surface area (Å²) in [4.78, 5) is 0. The van der Waals surface area contributed by atoms with Crippen molar-refractivity contribution in [2.75, 3.05) is 12.8 Å². The standard InChI is InChI=1S/C12H22N4O2S/c1-4-5-8-19(17,18)15(2)9-11-13-14-12(16(11)3)10-6-7-10/h10H,4-9H2,1-3H3. The first-order valence-electron chi connectivity index (χ1n) is 6.78. The van der Waals surface area contributed by atoms with Crippen LogP contribution in [0.4, 0.5) is 0 Å². The van der Waals surface area contributed by atoms with E-state index in [2.05, 4.69) is 10.2 Å². The van der Waals surface area contributed by atoms with Crippen LogP contribution in [0, 0.1) is 0 Å². The molecule has 0 saturated heterocycles. The highest BCUT2D eigenvalue weighted by molar-refractivity contribution is 7.89. The van der Waals surface area contributed by atoms with E-state index in [0.717, 1.165) is 25.1 Å². The smallest absolute Gasteiger partial charge is 0.214 e. The van der Waals surface area contributed by atoms with Crippen molar-refractivity contribution in [3.63, 3.8) is 0 Å². The third-order valence-electron chi connectivity index (χ3n) is 3.54. The predicted octanol–water partition coefficient (Wildman–Crippen LogP) is 1.25. The Hall–Kier alpha value is -0.950. The average molecular weight is 286 g/mol. The highest BCUT2D eigenvalue weighted by Crippen LogP contribution is 2.38. The summed E-state index contributed by atoms with van der Waals surface area (Å²) in [7, 11) is 0.339. The molecule has 1 heterocycles. The molecular weight excluding hydrogens is 264 g/mol. The monoisotopic (exact) mass is 286 g/mol. The Balaban J connectivity index is 2.04. The molecule has 0 aromatic carbocycles. The molecule has 2 rings (SSSR count). The number of aromatic nitrogens is 3. The second kappa shape index (κ2) is 5.58. The van der Waals surface area contributed by atoms with Gasteiger partial charge >= 0.3 is 0 Å². The maximum Gasteiger partial charge on any atom is 0.214 e. The number of nitrogens with zero attached hydrogens (tertiary/aromatic N) is 4. The Morgan fingerprint density at radius 2 is 2.05 bits per heavy atom. The fraction of sp³-hybridized carbons (Fsp3) is 0.833. The van der Waals surface area contributed by atoms with Gasteiger partial charge < -0.3 is 4.57 Å². The molecule has 1 saturated carbocycles. The van der Waals surface area contributed by atoms with Crippen molar-refractivity contribution in [1.29, 1.82) is 0 Å². The quantitative estimate of drug-likeness (QED) is 0.756. The second-order valence-corrected chi connectivity index (χ2v) is 7.43. The van der Waals surface area contributed by atoms with Gasteiger partial charge in [0.2, 0.25) is 10.0 Å². The van der Waals surface area contributed by atoms with Gasteiger partial charge in [0.25, 0.3) is 0 Å². The molecular formula is C12H22N4O2S. The molecule has 1 aliphatic carbocycles. The summed E-state index contributed by atoms with van der Waals surface area (Å²) in [6.45, 7) is 2.28. The molecule has 0 N–H and O–H groups in total. The van der Waals surface area contributed by atoms with Gasteiger partial charge in [0.1, 0.15) is 11.6 Å². The Morgan fingerprint density at radius 3 is 2.63 bits per heavy atom. The first-order valence-corrected chi connectivity index (χ1v) is 8.38. The molecule has 0 radical (unpaired) electrons. The summed E-state index contributed by atoms with van der Waals surface area (Å²) < 4.78 is 27.4. The number of hydrogen-bond donors (Lipinski definition) is 0. The highest BCUT2D eigenvalue weighted by atomic mass is 32.2. The Bertz CT molecular complexity index is 534. The van der Waals surface area contributed by atoms with Crippen molar-refractivity contribution in [3.05, 3.63) is 11.6 Å². The zero-order chi connectivity index (χ0) is 14.0. The van der Waals surface area contributed by atoms with Crippen molar-refractivity contribution in [2.24, 2.45) is 7.05 Å².